The lowest BCUT2D eigenvalue weighted by atomic mass is 10.0. The van der Waals surface area contributed by atoms with Crippen molar-refractivity contribution < 1.29 is 4.74 Å². The van der Waals surface area contributed by atoms with Crippen molar-refractivity contribution in [2.45, 2.75) is 31.8 Å². The standard InChI is InChI=1S/C15H21N3O/c1-12(2)18-9-8-15(10-16,11-18)17-13-4-6-14(19-3)7-5-13/h4-7,12,17H,8-9,11H2,1-3H3. The Labute approximate surface area is 115 Å². The maximum Gasteiger partial charge on any atom is 0.139 e. The fraction of sp³-hybridized carbons (Fsp3) is 0.533. The predicted octanol–water partition coefficient (Wildman–Crippen LogP) is 2.48. The van der Waals surface area contributed by atoms with Gasteiger partial charge in [-0.05, 0) is 44.5 Å². The van der Waals surface area contributed by atoms with E-state index in [1.807, 2.05) is 24.3 Å². The molecule has 0 aliphatic carbocycles. The molecule has 1 aromatic carbocycles. The second kappa shape index (κ2) is 5.50. The van der Waals surface area contributed by atoms with Gasteiger partial charge in [0.25, 0.3) is 0 Å². The summed E-state index contributed by atoms with van der Waals surface area (Å²) in [4.78, 5) is 2.33. The average Bonchev–Trinajstić information content (AvgIpc) is 2.85. The van der Waals surface area contributed by atoms with Crippen LogP contribution in [0.5, 0.6) is 5.75 Å². The van der Waals surface area contributed by atoms with Gasteiger partial charge in [0.2, 0.25) is 0 Å². The molecule has 0 amide bonds. The van der Waals surface area contributed by atoms with E-state index in [0.29, 0.717) is 6.04 Å². The first-order valence-electron chi connectivity index (χ1n) is 6.66. The zero-order valence-electron chi connectivity index (χ0n) is 11.8. The fourth-order valence-electron chi connectivity index (χ4n) is 2.45. The summed E-state index contributed by atoms with van der Waals surface area (Å²) < 4.78 is 5.14. The molecule has 1 saturated heterocycles. The SMILES string of the molecule is COc1ccc(NC2(C#N)CCN(C(C)C)C2)cc1. The van der Waals surface area contributed by atoms with Crippen LogP contribution in [0, 0.1) is 11.3 Å². The van der Waals surface area contributed by atoms with Gasteiger partial charge in [-0.15, -0.1) is 0 Å². The van der Waals surface area contributed by atoms with Crippen LogP contribution >= 0.6 is 0 Å². The number of anilines is 1. The molecule has 4 nitrogen and oxygen atoms in total. The highest BCUT2D eigenvalue weighted by Gasteiger charge is 2.39. The number of nitriles is 1. The molecule has 0 spiro atoms. The highest BCUT2D eigenvalue weighted by molar-refractivity contribution is 5.50. The Kier molecular flexibility index (Phi) is 3.96. The molecule has 0 radical (unpaired) electrons. The normalized spacial score (nSPS) is 23.3. The van der Waals surface area contributed by atoms with Crippen LogP contribution < -0.4 is 10.1 Å². The number of likely N-dealkylation sites (tertiary alicyclic amines) is 1. The number of hydrogen-bond acceptors (Lipinski definition) is 4. The number of ether oxygens (including phenoxy) is 1. The molecule has 1 aliphatic rings. The van der Waals surface area contributed by atoms with Crippen LogP contribution in [0.1, 0.15) is 20.3 Å². The first-order valence-corrected chi connectivity index (χ1v) is 6.66. The Morgan fingerprint density at radius 1 is 1.37 bits per heavy atom. The van der Waals surface area contributed by atoms with E-state index < -0.39 is 5.54 Å². The van der Waals surface area contributed by atoms with Gasteiger partial charge >= 0.3 is 0 Å². The maximum absolute atomic E-state index is 9.51. The van der Waals surface area contributed by atoms with Crippen molar-refractivity contribution in [2.75, 3.05) is 25.5 Å². The van der Waals surface area contributed by atoms with Crippen molar-refractivity contribution in [3.8, 4) is 11.8 Å². The van der Waals surface area contributed by atoms with Crippen LogP contribution in [-0.4, -0.2) is 36.7 Å². The van der Waals surface area contributed by atoms with Gasteiger partial charge in [0, 0.05) is 24.8 Å². The molecule has 19 heavy (non-hydrogen) atoms. The van der Waals surface area contributed by atoms with Gasteiger partial charge < -0.3 is 10.1 Å². The monoisotopic (exact) mass is 259 g/mol. The Bertz CT molecular complexity index is 463. The smallest absolute Gasteiger partial charge is 0.139 e. The van der Waals surface area contributed by atoms with Crippen LogP contribution in [0.3, 0.4) is 0 Å². The van der Waals surface area contributed by atoms with Crippen LogP contribution in [-0.2, 0) is 0 Å². The minimum Gasteiger partial charge on any atom is -0.497 e. The number of hydrogen-bond donors (Lipinski definition) is 1. The first-order chi connectivity index (χ1) is 9.08. The molecule has 1 aliphatic heterocycles. The molecule has 4 heteroatoms. The summed E-state index contributed by atoms with van der Waals surface area (Å²) in [5.74, 6) is 0.826. The molecule has 0 aromatic heterocycles. The Balaban J connectivity index is 2.09. The Morgan fingerprint density at radius 3 is 2.53 bits per heavy atom. The molecule has 1 unspecified atom stereocenters. The summed E-state index contributed by atoms with van der Waals surface area (Å²) in [6.07, 6.45) is 0.855. The second-order valence-electron chi connectivity index (χ2n) is 5.36. The van der Waals surface area contributed by atoms with Crippen molar-refractivity contribution in [3.63, 3.8) is 0 Å². The average molecular weight is 259 g/mol. The number of rotatable bonds is 4. The molecule has 1 atom stereocenters. The molecular formula is C15H21N3O. The van der Waals surface area contributed by atoms with Gasteiger partial charge in [0.05, 0.1) is 13.2 Å². The molecule has 0 saturated carbocycles. The molecule has 1 fully saturated rings. The molecular weight excluding hydrogens is 238 g/mol. The van der Waals surface area contributed by atoms with Crippen LogP contribution in [0.15, 0.2) is 24.3 Å². The van der Waals surface area contributed by atoms with E-state index in [1.165, 1.54) is 0 Å². The van der Waals surface area contributed by atoms with E-state index in [-0.39, 0.29) is 0 Å². The summed E-state index contributed by atoms with van der Waals surface area (Å²) in [6.45, 7) is 6.07. The zero-order chi connectivity index (χ0) is 13.9. The van der Waals surface area contributed by atoms with Crippen molar-refractivity contribution in [1.82, 2.24) is 4.90 Å². The lowest BCUT2D eigenvalue weighted by Crippen LogP contribution is -2.41. The van der Waals surface area contributed by atoms with Crippen molar-refractivity contribution in [3.05, 3.63) is 24.3 Å². The predicted molar refractivity (Wildman–Crippen MR) is 76.3 cm³/mol. The van der Waals surface area contributed by atoms with Gasteiger partial charge in [0.15, 0.2) is 0 Å². The lowest BCUT2D eigenvalue weighted by molar-refractivity contribution is 0.268. The Morgan fingerprint density at radius 2 is 2.05 bits per heavy atom. The summed E-state index contributed by atoms with van der Waals surface area (Å²) in [5.41, 5.74) is 0.492. The van der Waals surface area contributed by atoms with E-state index in [4.69, 9.17) is 4.74 Å². The third-order valence-corrected chi connectivity index (χ3v) is 3.72. The largest absolute Gasteiger partial charge is 0.497 e. The van der Waals surface area contributed by atoms with E-state index >= 15 is 0 Å². The quantitative estimate of drug-likeness (QED) is 0.902. The topological polar surface area (TPSA) is 48.3 Å². The maximum atomic E-state index is 9.51. The molecule has 1 heterocycles. The van der Waals surface area contributed by atoms with Gasteiger partial charge in [-0.1, -0.05) is 0 Å². The Hall–Kier alpha value is -1.73. The third kappa shape index (κ3) is 2.99. The first kappa shape index (κ1) is 13.7. The number of nitrogens with zero attached hydrogens (tertiary/aromatic N) is 2. The minimum atomic E-state index is -0.473. The molecule has 1 N–H and O–H groups in total. The van der Waals surface area contributed by atoms with E-state index in [1.54, 1.807) is 7.11 Å². The molecule has 102 valence electrons. The number of nitrogens with one attached hydrogen (secondary N) is 1. The van der Waals surface area contributed by atoms with Gasteiger partial charge in [-0.25, -0.2) is 0 Å². The lowest BCUT2D eigenvalue weighted by Gasteiger charge is -2.26. The van der Waals surface area contributed by atoms with E-state index in [9.17, 15) is 5.26 Å². The van der Waals surface area contributed by atoms with E-state index in [2.05, 4.69) is 30.1 Å². The highest BCUT2D eigenvalue weighted by atomic mass is 16.5. The second-order valence-corrected chi connectivity index (χ2v) is 5.36. The van der Waals surface area contributed by atoms with Crippen LogP contribution in [0.4, 0.5) is 5.69 Å². The number of benzene rings is 1. The summed E-state index contributed by atoms with van der Waals surface area (Å²) >= 11 is 0. The van der Waals surface area contributed by atoms with Crippen molar-refractivity contribution in [2.24, 2.45) is 0 Å². The third-order valence-electron chi connectivity index (χ3n) is 3.72. The highest BCUT2D eigenvalue weighted by Crippen LogP contribution is 2.27. The molecule has 1 aromatic rings. The molecule has 0 bridgehead atoms. The number of methoxy groups -OCH3 is 1. The summed E-state index contributed by atoms with van der Waals surface area (Å²) in [5, 5.41) is 12.9. The van der Waals surface area contributed by atoms with Crippen LogP contribution in [0.2, 0.25) is 0 Å². The van der Waals surface area contributed by atoms with E-state index in [0.717, 1.165) is 30.9 Å². The van der Waals surface area contributed by atoms with Gasteiger partial charge in [-0.3, -0.25) is 4.90 Å². The zero-order valence-corrected chi connectivity index (χ0v) is 11.8. The minimum absolute atomic E-state index is 0.473. The van der Waals surface area contributed by atoms with Gasteiger partial charge in [-0.2, -0.15) is 5.26 Å². The summed E-state index contributed by atoms with van der Waals surface area (Å²) in [6, 6.07) is 10.7. The van der Waals surface area contributed by atoms with Gasteiger partial charge in [0.1, 0.15) is 11.3 Å². The fourth-order valence-corrected chi connectivity index (χ4v) is 2.45. The summed E-state index contributed by atoms with van der Waals surface area (Å²) in [7, 11) is 1.65. The van der Waals surface area contributed by atoms with Crippen LogP contribution in [0.25, 0.3) is 0 Å². The molecule has 2 rings (SSSR count). The van der Waals surface area contributed by atoms with Crippen molar-refractivity contribution in [1.29, 1.82) is 5.26 Å². The van der Waals surface area contributed by atoms with Crippen molar-refractivity contribution >= 4 is 5.69 Å².